The predicted molar refractivity (Wildman–Crippen MR) is 79.7 cm³/mol. The lowest BCUT2D eigenvalue weighted by Crippen LogP contribution is -2.42. The number of carbonyl (C=O) groups is 2. The molecule has 2 rings (SSSR count). The SMILES string of the molecule is O=C(NCC1(C(=O)O)CCCC1)Nc1ccc(F)c(Br)c1. The summed E-state index contributed by atoms with van der Waals surface area (Å²) >= 11 is 3.03. The minimum Gasteiger partial charge on any atom is -0.481 e. The molecule has 1 fully saturated rings. The Kier molecular flexibility index (Phi) is 4.82. The van der Waals surface area contributed by atoms with Gasteiger partial charge in [-0.15, -0.1) is 0 Å². The van der Waals surface area contributed by atoms with E-state index in [9.17, 15) is 19.1 Å². The largest absolute Gasteiger partial charge is 0.481 e. The second-order valence-corrected chi connectivity index (χ2v) is 6.08. The first-order valence-corrected chi connectivity index (χ1v) is 7.46. The van der Waals surface area contributed by atoms with Crippen LogP contribution in [-0.4, -0.2) is 23.7 Å². The number of anilines is 1. The van der Waals surface area contributed by atoms with Crippen LogP contribution in [0, 0.1) is 11.2 Å². The van der Waals surface area contributed by atoms with Crippen molar-refractivity contribution in [2.24, 2.45) is 5.41 Å². The summed E-state index contributed by atoms with van der Waals surface area (Å²) in [6.07, 6.45) is 2.87. The molecule has 114 valence electrons. The second kappa shape index (κ2) is 6.43. The molecular weight excluding hydrogens is 343 g/mol. The molecule has 0 aliphatic heterocycles. The standard InChI is InChI=1S/C14H16BrFN2O3/c15-10-7-9(3-4-11(10)16)18-13(21)17-8-14(12(19)20)5-1-2-6-14/h3-4,7H,1-2,5-6,8H2,(H,19,20)(H2,17,18,21). The Morgan fingerprint density at radius 2 is 2.00 bits per heavy atom. The van der Waals surface area contributed by atoms with Crippen molar-refractivity contribution in [1.82, 2.24) is 5.32 Å². The summed E-state index contributed by atoms with van der Waals surface area (Å²) in [7, 11) is 0. The average molecular weight is 359 g/mol. The number of amides is 2. The highest BCUT2D eigenvalue weighted by Crippen LogP contribution is 2.37. The van der Waals surface area contributed by atoms with Crippen molar-refractivity contribution >= 4 is 33.6 Å². The van der Waals surface area contributed by atoms with Gasteiger partial charge in [-0.1, -0.05) is 12.8 Å². The number of aliphatic carboxylic acids is 1. The summed E-state index contributed by atoms with van der Waals surface area (Å²) < 4.78 is 13.3. The zero-order chi connectivity index (χ0) is 15.5. The van der Waals surface area contributed by atoms with Gasteiger partial charge in [0.15, 0.2) is 0 Å². The molecule has 0 spiro atoms. The molecular formula is C14H16BrFN2O3. The van der Waals surface area contributed by atoms with Gasteiger partial charge in [-0.3, -0.25) is 4.79 Å². The number of halogens is 2. The number of hydrogen-bond donors (Lipinski definition) is 3. The summed E-state index contributed by atoms with van der Waals surface area (Å²) in [4.78, 5) is 23.2. The van der Waals surface area contributed by atoms with Gasteiger partial charge in [-0.25, -0.2) is 9.18 Å². The van der Waals surface area contributed by atoms with Crippen molar-refractivity contribution < 1.29 is 19.1 Å². The number of urea groups is 1. The van der Waals surface area contributed by atoms with Crippen molar-refractivity contribution in [3.05, 3.63) is 28.5 Å². The van der Waals surface area contributed by atoms with Gasteiger partial charge in [-0.05, 0) is 47.0 Å². The number of nitrogens with one attached hydrogen (secondary N) is 2. The summed E-state index contributed by atoms with van der Waals surface area (Å²) in [6, 6.07) is 3.61. The number of carboxylic acids is 1. The highest BCUT2D eigenvalue weighted by Gasteiger charge is 2.41. The molecule has 1 aromatic carbocycles. The van der Waals surface area contributed by atoms with Gasteiger partial charge in [-0.2, -0.15) is 0 Å². The topological polar surface area (TPSA) is 78.4 Å². The maximum absolute atomic E-state index is 13.1. The number of carbonyl (C=O) groups excluding carboxylic acids is 1. The molecule has 0 atom stereocenters. The third kappa shape index (κ3) is 3.72. The Hall–Kier alpha value is -1.63. The van der Waals surface area contributed by atoms with Crippen LogP contribution in [0.15, 0.2) is 22.7 Å². The fourth-order valence-electron chi connectivity index (χ4n) is 2.52. The average Bonchev–Trinajstić information content (AvgIpc) is 2.91. The van der Waals surface area contributed by atoms with Crippen LogP contribution in [0.25, 0.3) is 0 Å². The van der Waals surface area contributed by atoms with Crippen molar-refractivity contribution in [3.8, 4) is 0 Å². The quantitative estimate of drug-likeness (QED) is 0.772. The smallest absolute Gasteiger partial charge is 0.319 e. The van der Waals surface area contributed by atoms with E-state index in [2.05, 4.69) is 26.6 Å². The molecule has 0 bridgehead atoms. The van der Waals surface area contributed by atoms with E-state index in [1.807, 2.05) is 0 Å². The van der Waals surface area contributed by atoms with Gasteiger partial charge in [0.2, 0.25) is 0 Å². The van der Waals surface area contributed by atoms with Crippen LogP contribution in [0.3, 0.4) is 0 Å². The van der Waals surface area contributed by atoms with E-state index in [4.69, 9.17) is 0 Å². The predicted octanol–water partition coefficient (Wildman–Crippen LogP) is 3.35. The summed E-state index contributed by atoms with van der Waals surface area (Å²) in [5.74, 6) is -1.29. The number of carboxylic acid groups (broad SMARTS) is 1. The monoisotopic (exact) mass is 358 g/mol. The molecule has 7 heteroatoms. The van der Waals surface area contributed by atoms with Gasteiger partial charge in [0.25, 0.3) is 0 Å². The lowest BCUT2D eigenvalue weighted by atomic mass is 9.86. The van der Waals surface area contributed by atoms with E-state index in [0.29, 0.717) is 18.5 Å². The van der Waals surface area contributed by atoms with E-state index in [1.54, 1.807) is 0 Å². The maximum atomic E-state index is 13.1. The Labute approximate surface area is 130 Å². The van der Waals surface area contributed by atoms with Crippen LogP contribution in [0.5, 0.6) is 0 Å². The van der Waals surface area contributed by atoms with E-state index in [0.717, 1.165) is 12.8 Å². The van der Waals surface area contributed by atoms with Crippen LogP contribution < -0.4 is 10.6 Å². The molecule has 0 heterocycles. The fraction of sp³-hybridized carbons (Fsp3) is 0.429. The molecule has 0 aromatic heterocycles. The van der Waals surface area contributed by atoms with Crippen LogP contribution in [0.2, 0.25) is 0 Å². The fourth-order valence-corrected chi connectivity index (χ4v) is 2.90. The van der Waals surface area contributed by atoms with Gasteiger partial charge in [0, 0.05) is 12.2 Å². The van der Waals surface area contributed by atoms with Gasteiger partial charge in [0.1, 0.15) is 5.82 Å². The molecule has 1 saturated carbocycles. The van der Waals surface area contributed by atoms with Gasteiger partial charge in [0.05, 0.1) is 9.89 Å². The van der Waals surface area contributed by atoms with Gasteiger partial charge < -0.3 is 15.7 Å². The van der Waals surface area contributed by atoms with E-state index in [-0.39, 0.29) is 11.0 Å². The first-order chi connectivity index (χ1) is 9.93. The lowest BCUT2D eigenvalue weighted by Gasteiger charge is -2.24. The Morgan fingerprint density at radius 1 is 1.33 bits per heavy atom. The van der Waals surface area contributed by atoms with Crippen molar-refractivity contribution in [2.45, 2.75) is 25.7 Å². The molecule has 0 unspecified atom stereocenters. The summed E-state index contributed by atoms with van der Waals surface area (Å²) in [5, 5.41) is 14.5. The molecule has 5 nitrogen and oxygen atoms in total. The normalized spacial score (nSPS) is 16.5. The Bertz CT molecular complexity index is 559. The molecule has 1 aliphatic rings. The van der Waals surface area contributed by atoms with Crippen molar-refractivity contribution in [1.29, 1.82) is 0 Å². The van der Waals surface area contributed by atoms with Crippen LogP contribution in [-0.2, 0) is 4.79 Å². The highest BCUT2D eigenvalue weighted by molar-refractivity contribution is 9.10. The first-order valence-electron chi connectivity index (χ1n) is 6.66. The summed E-state index contributed by atoms with van der Waals surface area (Å²) in [5.41, 5.74) is -0.433. The molecule has 1 aliphatic carbocycles. The number of rotatable bonds is 4. The molecule has 3 N–H and O–H groups in total. The van der Waals surface area contributed by atoms with E-state index in [1.165, 1.54) is 18.2 Å². The zero-order valence-corrected chi connectivity index (χ0v) is 12.9. The zero-order valence-electron chi connectivity index (χ0n) is 11.3. The van der Waals surface area contributed by atoms with Crippen molar-refractivity contribution in [3.63, 3.8) is 0 Å². The maximum Gasteiger partial charge on any atom is 0.319 e. The van der Waals surface area contributed by atoms with Gasteiger partial charge >= 0.3 is 12.0 Å². The molecule has 0 saturated heterocycles. The highest BCUT2D eigenvalue weighted by atomic mass is 79.9. The van der Waals surface area contributed by atoms with E-state index >= 15 is 0 Å². The summed E-state index contributed by atoms with van der Waals surface area (Å²) in [6.45, 7) is 0.0938. The number of hydrogen-bond acceptors (Lipinski definition) is 2. The Balaban J connectivity index is 1.92. The van der Waals surface area contributed by atoms with Crippen molar-refractivity contribution in [2.75, 3.05) is 11.9 Å². The third-order valence-corrected chi connectivity index (χ3v) is 4.39. The molecule has 0 radical (unpaired) electrons. The molecule has 21 heavy (non-hydrogen) atoms. The number of benzene rings is 1. The second-order valence-electron chi connectivity index (χ2n) is 5.23. The molecule has 2 amide bonds. The minimum atomic E-state index is -0.871. The first kappa shape index (κ1) is 15.8. The lowest BCUT2D eigenvalue weighted by molar-refractivity contribution is -0.148. The third-order valence-electron chi connectivity index (χ3n) is 3.78. The minimum absolute atomic E-state index is 0.0938. The van der Waals surface area contributed by atoms with Crippen LogP contribution >= 0.6 is 15.9 Å². The van der Waals surface area contributed by atoms with Crippen LogP contribution in [0.1, 0.15) is 25.7 Å². The Morgan fingerprint density at radius 3 is 2.57 bits per heavy atom. The van der Waals surface area contributed by atoms with E-state index < -0.39 is 23.2 Å². The molecule has 1 aromatic rings. The van der Waals surface area contributed by atoms with Crippen LogP contribution in [0.4, 0.5) is 14.9 Å².